The molecule has 7 nitrogen and oxygen atoms in total. The molecule has 1 aliphatic heterocycles. The van der Waals surface area contributed by atoms with Crippen molar-refractivity contribution in [1.82, 2.24) is 4.90 Å². The van der Waals surface area contributed by atoms with Crippen LogP contribution in [0.5, 0.6) is 0 Å². The fraction of sp³-hybridized carbons (Fsp3) is 0.312. The summed E-state index contributed by atoms with van der Waals surface area (Å²) in [6.45, 7) is 3.08. The lowest BCUT2D eigenvalue weighted by Crippen LogP contribution is -2.41. The van der Waals surface area contributed by atoms with E-state index in [4.69, 9.17) is 4.74 Å². The topological polar surface area (TPSA) is 87.7 Å². The Labute approximate surface area is 164 Å². The van der Waals surface area contributed by atoms with E-state index in [-0.39, 0.29) is 10.1 Å². The molecule has 1 aromatic carbocycles. The quantitative estimate of drug-likeness (QED) is 0.692. The highest BCUT2D eigenvalue weighted by molar-refractivity contribution is 9.11. The maximum Gasteiger partial charge on any atom is 0.271 e. The number of nitrogens with one attached hydrogen (secondary N) is 2. The van der Waals surface area contributed by atoms with Crippen LogP contribution >= 0.6 is 27.3 Å². The number of anilines is 2. The smallest absolute Gasteiger partial charge is 0.271 e. The third-order valence-corrected chi connectivity index (χ3v) is 7.20. The van der Waals surface area contributed by atoms with E-state index in [9.17, 15) is 13.2 Å². The summed E-state index contributed by atoms with van der Waals surface area (Å²) in [4.78, 5) is 14.1. The molecule has 10 heteroatoms. The molecule has 1 aromatic heterocycles. The summed E-state index contributed by atoms with van der Waals surface area (Å²) in [6, 6.07) is 9.79. The number of carbonyl (C=O) groups excluding carboxylic acids is 1. The van der Waals surface area contributed by atoms with Crippen LogP contribution in [-0.2, 0) is 19.6 Å². The van der Waals surface area contributed by atoms with Gasteiger partial charge in [-0.15, -0.1) is 11.3 Å². The van der Waals surface area contributed by atoms with Crippen LogP contribution in [0, 0.1) is 0 Å². The van der Waals surface area contributed by atoms with Gasteiger partial charge in [-0.2, -0.15) is 0 Å². The Morgan fingerprint density at radius 3 is 2.38 bits per heavy atom. The van der Waals surface area contributed by atoms with Gasteiger partial charge in [-0.1, -0.05) is 0 Å². The number of thiophene rings is 1. The second-order valence-corrected chi connectivity index (χ2v) is 10.1. The summed E-state index contributed by atoms with van der Waals surface area (Å²) >= 11 is 4.39. The van der Waals surface area contributed by atoms with Gasteiger partial charge in [0.1, 0.15) is 4.21 Å². The van der Waals surface area contributed by atoms with Crippen molar-refractivity contribution in [2.24, 2.45) is 0 Å². The van der Waals surface area contributed by atoms with Crippen molar-refractivity contribution in [2.45, 2.75) is 4.21 Å². The van der Waals surface area contributed by atoms with Gasteiger partial charge in [0.05, 0.1) is 23.5 Å². The van der Waals surface area contributed by atoms with Crippen LogP contribution in [0.2, 0.25) is 0 Å². The average Bonchev–Trinajstić information content (AvgIpc) is 3.05. The zero-order chi connectivity index (χ0) is 18.6. The van der Waals surface area contributed by atoms with E-state index >= 15 is 0 Å². The molecule has 26 heavy (non-hydrogen) atoms. The number of hydrogen-bond acceptors (Lipinski definition) is 6. The molecule has 0 spiro atoms. The Morgan fingerprint density at radius 2 is 1.77 bits per heavy atom. The van der Waals surface area contributed by atoms with Crippen LogP contribution in [0.3, 0.4) is 0 Å². The normalized spacial score (nSPS) is 15.6. The molecule has 0 aliphatic carbocycles. The first-order chi connectivity index (χ1) is 12.4. The SMILES string of the molecule is O=C(CN1CCOCC1)Nc1ccc(NS(=O)(=O)c2ccc(Br)s2)cc1. The van der Waals surface area contributed by atoms with Crippen molar-refractivity contribution >= 4 is 54.6 Å². The third-order valence-electron chi connectivity index (χ3n) is 3.71. The van der Waals surface area contributed by atoms with E-state index in [1.807, 2.05) is 4.90 Å². The number of ether oxygens (including phenoxy) is 1. The number of halogens is 1. The standard InChI is InChI=1S/C16H18BrN3O4S2/c17-14-5-6-16(25-14)26(22,23)19-13-3-1-12(2-4-13)18-15(21)11-20-7-9-24-10-8-20/h1-6,19H,7-11H2,(H,18,21). The zero-order valence-corrected chi connectivity index (χ0v) is 17.0. The molecule has 0 bridgehead atoms. The Hall–Kier alpha value is -1.46. The molecule has 1 aliphatic rings. The van der Waals surface area contributed by atoms with Gasteiger partial charge in [-0.05, 0) is 52.3 Å². The summed E-state index contributed by atoms with van der Waals surface area (Å²) in [5.74, 6) is -0.108. The largest absolute Gasteiger partial charge is 0.379 e. The molecule has 0 radical (unpaired) electrons. The molecule has 2 N–H and O–H groups in total. The van der Waals surface area contributed by atoms with Crippen molar-refractivity contribution in [2.75, 3.05) is 42.9 Å². The van der Waals surface area contributed by atoms with Crippen molar-refractivity contribution in [3.63, 3.8) is 0 Å². The Balaban J connectivity index is 1.57. The summed E-state index contributed by atoms with van der Waals surface area (Å²) in [5.41, 5.74) is 1.05. The monoisotopic (exact) mass is 459 g/mol. The number of morpholine rings is 1. The van der Waals surface area contributed by atoms with Crippen molar-refractivity contribution < 1.29 is 17.9 Å². The highest BCUT2D eigenvalue weighted by Crippen LogP contribution is 2.27. The number of hydrogen-bond donors (Lipinski definition) is 2. The zero-order valence-electron chi connectivity index (χ0n) is 13.8. The predicted molar refractivity (Wildman–Crippen MR) is 105 cm³/mol. The molecule has 3 rings (SSSR count). The van der Waals surface area contributed by atoms with Crippen LogP contribution in [0.15, 0.2) is 44.4 Å². The van der Waals surface area contributed by atoms with Gasteiger partial charge in [0.2, 0.25) is 5.91 Å². The lowest BCUT2D eigenvalue weighted by Gasteiger charge is -2.25. The van der Waals surface area contributed by atoms with E-state index in [1.54, 1.807) is 30.3 Å². The number of carbonyl (C=O) groups is 1. The van der Waals surface area contributed by atoms with E-state index in [2.05, 4.69) is 26.0 Å². The summed E-state index contributed by atoms with van der Waals surface area (Å²) in [7, 11) is -3.61. The van der Waals surface area contributed by atoms with Gasteiger partial charge in [-0.25, -0.2) is 8.42 Å². The number of sulfonamides is 1. The molecular weight excluding hydrogens is 442 g/mol. The van der Waals surface area contributed by atoms with Crippen LogP contribution < -0.4 is 10.0 Å². The number of amides is 1. The molecule has 0 atom stereocenters. The van der Waals surface area contributed by atoms with E-state index in [1.165, 1.54) is 6.07 Å². The first-order valence-electron chi connectivity index (χ1n) is 7.90. The van der Waals surface area contributed by atoms with Gasteiger partial charge in [0, 0.05) is 24.5 Å². The Bertz CT molecular complexity index is 862. The fourth-order valence-corrected chi connectivity index (χ4v) is 5.50. The first-order valence-corrected chi connectivity index (χ1v) is 11.0. The molecule has 0 unspecified atom stereocenters. The van der Waals surface area contributed by atoms with Gasteiger partial charge in [0.25, 0.3) is 10.0 Å². The molecule has 1 amide bonds. The van der Waals surface area contributed by atoms with Crippen LogP contribution in [0.1, 0.15) is 0 Å². The van der Waals surface area contributed by atoms with Crippen LogP contribution in [0.4, 0.5) is 11.4 Å². The maximum atomic E-state index is 12.3. The third kappa shape index (κ3) is 5.27. The molecule has 1 fully saturated rings. The minimum Gasteiger partial charge on any atom is -0.379 e. The second kappa shape index (κ2) is 8.49. The minimum atomic E-state index is -3.61. The number of rotatable bonds is 6. The number of benzene rings is 1. The lowest BCUT2D eigenvalue weighted by atomic mass is 10.3. The number of nitrogens with zero attached hydrogens (tertiary/aromatic N) is 1. The van der Waals surface area contributed by atoms with Gasteiger partial charge in [-0.3, -0.25) is 14.4 Å². The minimum absolute atomic E-state index is 0.108. The van der Waals surface area contributed by atoms with Crippen LogP contribution in [0.25, 0.3) is 0 Å². The van der Waals surface area contributed by atoms with Crippen molar-refractivity contribution in [1.29, 1.82) is 0 Å². The van der Waals surface area contributed by atoms with Gasteiger partial charge in [0.15, 0.2) is 0 Å². The summed E-state index contributed by atoms with van der Waals surface area (Å²) in [6.07, 6.45) is 0. The predicted octanol–water partition coefficient (Wildman–Crippen LogP) is 2.58. The molecular formula is C16H18BrN3O4S2. The highest BCUT2D eigenvalue weighted by atomic mass is 79.9. The highest BCUT2D eigenvalue weighted by Gasteiger charge is 2.17. The summed E-state index contributed by atoms with van der Waals surface area (Å²) in [5, 5.41) is 2.81. The lowest BCUT2D eigenvalue weighted by molar-refractivity contribution is -0.118. The molecule has 140 valence electrons. The van der Waals surface area contributed by atoms with E-state index in [0.29, 0.717) is 31.1 Å². The fourth-order valence-electron chi connectivity index (χ4n) is 2.43. The second-order valence-electron chi connectivity index (χ2n) is 5.68. The van der Waals surface area contributed by atoms with E-state index < -0.39 is 10.0 Å². The van der Waals surface area contributed by atoms with E-state index in [0.717, 1.165) is 28.2 Å². The molecule has 2 aromatic rings. The first kappa shape index (κ1) is 19.3. The Morgan fingerprint density at radius 1 is 1.12 bits per heavy atom. The molecule has 1 saturated heterocycles. The van der Waals surface area contributed by atoms with Crippen molar-refractivity contribution in [3.05, 3.63) is 40.2 Å². The van der Waals surface area contributed by atoms with Gasteiger partial charge < -0.3 is 10.1 Å². The van der Waals surface area contributed by atoms with Crippen molar-refractivity contribution in [3.8, 4) is 0 Å². The summed E-state index contributed by atoms with van der Waals surface area (Å²) < 4.78 is 33.3. The maximum absolute atomic E-state index is 12.3. The van der Waals surface area contributed by atoms with Crippen LogP contribution in [-0.4, -0.2) is 52.1 Å². The van der Waals surface area contributed by atoms with Gasteiger partial charge >= 0.3 is 0 Å². The average molecular weight is 460 g/mol. The molecule has 2 heterocycles. The molecule has 0 saturated carbocycles. The Kier molecular flexibility index (Phi) is 6.30.